The minimum Gasteiger partial charge on any atom is -0.497 e. The van der Waals surface area contributed by atoms with E-state index in [0.29, 0.717) is 0 Å². The molecule has 0 heterocycles. The Labute approximate surface area is 99.2 Å². The third-order valence-electron chi connectivity index (χ3n) is 2.74. The van der Waals surface area contributed by atoms with Crippen LogP contribution in [0.15, 0.2) is 18.2 Å². The van der Waals surface area contributed by atoms with Gasteiger partial charge in [-0.25, -0.2) is 0 Å². The smallest absolute Gasteiger partial charge is 0.120 e. The molecule has 0 spiro atoms. The van der Waals surface area contributed by atoms with Crippen molar-refractivity contribution in [3.8, 4) is 5.75 Å². The summed E-state index contributed by atoms with van der Waals surface area (Å²) in [5.74, 6) is 0.942. The third-order valence-corrected chi connectivity index (χ3v) is 2.74. The van der Waals surface area contributed by atoms with Gasteiger partial charge in [-0.2, -0.15) is 0 Å². The van der Waals surface area contributed by atoms with Gasteiger partial charge >= 0.3 is 0 Å². The quantitative estimate of drug-likeness (QED) is 0.727. The second-order valence-electron chi connectivity index (χ2n) is 4.14. The Morgan fingerprint density at radius 1 is 1.12 bits per heavy atom. The van der Waals surface area contributed by atoms with Crippen LogP contribution in [0, 0.1) is 6.92 Å². The molecule has 0 aliphatic rings. The number of hydrogen-bond donors (Lipinski definition) is 0. The van der Waals surface area contributed by atoms with Gasteiger partial charge in [0.2, 0.25) is 0 Å². The van der Waals surface area contributed by atoms with Gasteiger partial charge < -0.3 is 9.64 Å². The summed E-state index contributed by atoms with van der Waals surface area (Å²) in [4.78, 5) is 2.44. The largest absolute Gasteiger partial charge is 0.497 e. The highest BCUT2D eigenvalue weighted by Crippen LogP contribution is 2.25. The lowest BCUT2D eigenvalue weighted by Crippen LogP contribution is -2.25. The fourth-order valence-corrected chi connectivity index (χ4v) is 1.95. The average molecular weight is 221 g/mol. The molecule has 0 atom stereocenters. The zero-order valence-electron chi connectivity index (χ0n) is 10.9. The van der Waals surface area contributed by atoms with Gasteiger partial charge in [0.05, 0.1) is 7.11 Å². The van der Waals surface area contributed by atoms with E-state index in [2.05, 4.69) is 37.8 Å². The molecule has 0 unspecified atom stereocenters. The van der Waals surface area contributed by atoms with Gasteiger partial charge in [-0.15, -0.1) is 0 Å². The molecule has 0 aliphatic heterocycles. The van der Waals surface area contributed by atoms with Crippen LogP contribution >= 0.6 is 0 Å². The van der Waals surface area contributed by atoms with Crippen LogP contribution in [-0.4, -0.2) is 20.2 Å². The molecule has 0 saturated carbocycles. The number of anilines is 1. The van der Waals surface area contributed by atoms with Gasteiger partial charge in [0.1, 0.15) is 5.75 Å². The van der Waals surface area contributed by atoms with E-state index in [1.807, 2.05) is 6.07 Å². The average Bonchev–Trinajstić information content (AvgIpc) is 2.29. The maximum atomic E-state index is 5.29. The molecule has 2 nitrogen and oxygen atoms in total. The molecule has 0 bridgehead atoms. The Balaban J connectivity index is 2.96. The third kappa shape index (κ3) is 3.16. The SMILES string of the molecule is CCCN(CCC)c1cc(OC)ccc1C. The molecule has 1 aromatic carbocycles. The van der Waals surface area contributed by atoms with Gasteiger partial charge in [0.15, 0.2) is 0 Å². The molecule has 0 fully saturated rings. The molecule has 16 heavy (non-hydrogen) atoms. The van der Waals surface area contributed by atoms with Crippen LogP contribution in [0.1, 0.15) is 32.3 Å². The number of nitrogens with zero attached hydrogens (tertiary/aromatic N) is 1. The predicted molar refractivity (Wildman–Crippen MR) is 70.5 cm³/mol. The van der Waals surface area contributed by atoms with Crippen molar-refractivity contribution in [2.45, 2.75) is 33.6 Å². The van der Waals surface area contributed by atoms with Gasteiger partial charge in [-0.3, -0.25) is 0 Å². The van der Waals surface area contributed by atoms with Crippen LogP contribution in [-0.2, 0) is 0 Å². The molecule has 0 aliphatic carbocycles. The summed E-state index contributed by atoms with van der Waals surface area (Å²) in [6.45, 7) is 8.83. The summed E-state index contributed by atoms with van der Waals surface area (Å²) < 4.78 is 5.29. The van der Waals surface area contributed by atoms with E-state index in [0.717, 1.165) is 18.8 Å². The van der Waals surface area contributed by atoms with E-state index >= 15 is 0 Å². The highest BCUT2D eigenvalue weighted by atomic mass is 16.5. The molecule has 2 heteroatoms. The summed E-state index contributed by atoms with van der Waals surface area (Å²) in [6, 6.07) is 6.29. The minimum atomic E-state index is 0.942. The zero-order chi connectivity index (χ0) is 12.0. The Morgan fingerprint density at radius 2 is 1.75 bits per heavy atom. The van der Waals surface area contributed by atoms with Crippen molar-refractivity contribution in [3.05, 3.63) is 23.8 Å². The second-order valence-corrected chi connectivity index (χ2v) is 4.14. The number of rotatable bonds is 6. The first-order chi connectivity index (χ1) is 7.72. The molecule has 1 aromatic rings. The number of ether oxygens (including phenoxy) is 1. The lowest BCUT2D eigenvalue weighted by molar-refractivity contribution is 0.414. The van der Waals surface area contributed by atoms with Crippen LogP contribution in [0.5, 0.6) is 5.75 Å². The Hall–Kier alpha value is -1.18. The predicted octanol–water partition coefficient (Wildman–Crippen LogP) is 3.63. The van der Waals surface area contributed by atoms with Crippen LogP contribution in [0.4, 0.5) is 5.69 Å². The fourth-order valence-electron chi connectivity index (χ4n) is 1.95. The molecule has 1 rings (SSSR count). The van der Waals surface area contributed by atoms with E-state index in [9.17, 15) is 0 Å². The second kappa shape index (κ2) is 6.41. The maximum Gasteiger partial charge on any atom is 0.120 e. The van der Waals surface area contributed by atoms with Crippen molar-refractivity contribution >= 4 is 5.69 Å². The van der Waals surface area contributed by atoms with Gasteiger partial charge in [-0.1, -0.05) is 19.9 Å². The van der Waals surface area contributed by atoms with E-state index in [1.54, 1.807) is 7.11 Å². The summed E-state index contributed by atoms with van der Waals surface area (Å²) in [5.41, 5.74) is 2.63. The van der Waals surface area contributed by atoms with E-state index < -0.39 is 0 Å². The number of methoxy groups -OCH3 is 1. The van der Waals surface area contributed by atoms with Crippen LogP contribution in [0.3, 0.4) is 0 Å². The summed E-state index contributed by atoms with van der Waals surface area (Å²) in [7, 11) is 1.72. The van der Waals surface area contributed by atoms with Crippen LogP contribution < -0.4 is 9.64 Å². The molecule has 90 valence electrons. The fraction of sp³-hybridized carbons (Fsp3) is 0.571. The topological polar surface area (TPSA) is 12.5 Å². The van der Waals surface area contributed by atoms with Crippen molar-refractivity contribution in [2.75, 3.05) is 25.1 Å². The number of benzene rings is 1. The molecular weight excluding hydrogens is 198 g/mol. The van der Waals surface area contributed by atoms with Crippen molar-refractivity contribution in [2.24, 2.45) is 0 Å². The lowest BCUT2D eigenvalue weighted by Gasteiger charge is -2.26. The molecule has 0 radical (unpaired) electrons. The summed E-state index contributed by atoms with van der Waals surface area (Å²) in [6.07, 6.45) is 2.35. The van der Waals surface area contributed by atoms with Gasteiger partial charge in [0.25, 0.3) is 0 Å². The summed E-state index contributed by atoms with van der Waals surface area (Å²) in [5, 5.41) is 0. The zero-order valence-corrected chi connectivity index (χ0v) is 10.9. The van der Waals surface area contributed by atoms with Gasteiger partial charge in [-0.05, 0) is 31.4 Å². The molecule has 0 saturated heterocycles. The first kappa shape index (κ1) is 12.9. The molecule has 0 aromatic heterocycles. The standard InChI is InChI=1S/C14H23NO/c1-5-9-15(10-6-2)14-11-13(16-4)8-7-12(14)3/h7-8,11H,5-6,9-10H2,1-4H3. The molecule has 0 amide bonds. The van der Waals surface area contributed by atoms with Crippen molar-refractivity contribution in [1.82, 2.24) is 0 Å². The molecular formula is C14H23NO. The number of aryl methyl sites for hydroxylation is 1. The lowest BCUT2D eigenvalue weighted by atomic mass is 10.1. The van der Waals surface area contributed by atoms with Crippen molar-refractivity contribution in [1.29, 1.82) is 0 Å². The number of hydrogen-bond acceptors (Lipinski definition) is 2. The first-order valence-electron chi connectivity index (χ1n) is 6.12. The van der Waals surface area contributed by atoms with Crippen LogP contribution in [0.2, 0.25) is 0 Å². The van der Waals surface area contributed by atoms with Crippen molar-refractivity contribution in [3.63, 3.8) is 0 Å². The summed E-state index contributed by atoms with van der Waals surface area (Å²) >= 11 is 0. The Kier molecular flexibility index (Phi) is 5.17. The monoisotopic (exact) mass is 221 g/mol. The Bertz CT molecular complexity index is 317. The van der Waals surface area contributed by atoms with Crippen molar-refractivity contribution < 1.29 is 4.74 Å². The molecule has 0 N–H and O–H groups in total. The van der Waals surface area contributed by atoms with E-state index in [1.165, 1.54) is 24.1 Å². The first-order valence-corrected chi connectivity index (χ1v) is 6.12. The van der Waals surface area contributed by atoms with E-state index in [-0.39, 0.29) is 0 Å². The minimum absolute atomic E-state index is 0.942. The normalized spacial score (nSPS) is 10.2. The van der Waals surface area contributed by atoms with Crippen LogP contribution in [0.25, 0.3) is 0 Å². The highest BCUT2D eigenvalue weighted by molar-refractivity contribution is 5.56. The van der Waals surface area contributed by atoms with Gasteiger partial charge in [0, 0.05) is 24.8 Å². The highest BCUT2D eigenvalue weighted by Gasteiger charge is 2.08. The Morgan fingerprint density at radius 3 is 2.25 bits per heavy atom. The van der Waals surface area contributed by atoms with E-state index in [4.69, 9.17) is 4.74 Å². The maximum absolute atomic E-state index is 5.29.